The SMILES string of the molecule is CN1c2cc3c(cc2-c2sc(SOOO)cc2C1(C)C)C(c1c(F)c(SCC(=O)ON2C(=O)CCC2=O)cc(F)c1S(=O)(=O)O)=c1cc2c(cc1O3)=[N+](C)C(C)(C)c1cc(S(=O)(=O)O)sc1-2. The smallest absolute Gasteiger partial charge is 0.343 e. The van der Waals surface area contributed by atoms with E-state index < -0.39 is 81.8 Å². The van der Waals surface area contributed by atoms with Crippen LogP contribution in [0.15, 0.2) is 60.7 Å². The van der Waals surface area contributed by atoms with Gasteiger partial charge in [0.25, 0.3) is 21.9 Å². The summed E-state index contributed by atoms with van der Waals surface area (Å²) in [7, 11) is -6.77. The molecule has 66 heavy (non-hydrogen) atoms. The molecule has 0 atom stereocenters. The molecule has 0 unspecified atom stereocenters. The van der Waals surface area contributed by atoms with E-state index in [-0.39, 0.29) is 50.0 Å². The highest BCUT2D eigenvalue weighted by atomic mass is 32.3. The first kappa shape index (κ1) is 46.3. The lowest BCUT2D eigenvalue weighted by molar-refractivity contribution is -0.432. The van der Waals surface area contributed by atoms with Gasteiger partial charge in [-0.15, -0.1) is 43.8 Å². The Labute approximate surface area is 390 Å². The van der Waals surface area contributed by atoms with E-state index in [0.29, 0.717) is 59.5 Å². The minimum atomic E-state index is -5.63. The van der Waals surface area contributed by atoms with Crippen molar-refractivity contribution in [1.29, 1.82) is 0 Å². The maximum atomic E-state index is 17.7. The van der Waals surface area contributed by atoms with Crippen LogP contribution in [-0.4, -0.2) is 73.9 Å². The zero-order chi connectivity index (χ0) is 47.7. The van der Waals surface area contributed by atoms with Gasteiger partial charge in [-0.2, -0.15) is 16.8 Å². The van der Waals surface area contributed by atoms with Crippen molar-refractivity contribution in [3.8, 4) is 32.4 Å². The van der Waals surface area contributed by atoms with E-state index in [2.05, 4.69) is 5.04 Å². The molecule has 346 valence electrons. The Kier molecular flexibility index (Phi) is 11.2. The summed E-state index contributed by atoms with van der Waals surface area (Å²) >= 11 is 3.09. The van der Waals surface area contributed by atoms with Gasteiger partial charge in [0, 0.05) is 88.3 Å². The molecule has 1 fully saturated rings. The topological polar surface area (TPSA) is 227 Å². The van der Waals surface area contributed by atoms with Crippen molar-refractivity contribution < 1.29 is 73.3 Å². The summed E-state index contributed by atoms with van der Waals surface area (Å²) in [5, 5.41) is 13.5. The summed E-state index contributed by atoms with van der Waals surface area (Å²) < 4.78 is 120. The van der Waals surface area contributed by atoms with Crippen LogP contribution in [0.2, 0.25) is 0 Å². The van der Waals surface area contributed by atoms with Crippen molar-refractivity contribution in [3.05, 3.63) is 86.9 Å². The average Bonchev–Trinajstić information content (AvgIpc) is 3.98. The summed E-state index contributed by atoms with van der Waals surface area (Å²) in [4.78, 5) is 42.9. The first-order valence-electron chi connectivity index (χ1n) is 19.3. The zero-order valence-corrected chi connectivity index (χ0v) is 39.9. The summed E-state index contributed by atoms with van der Waals surface area (Å²) in [5.74, 6) is -6.48. The Morgan fingerprint density at radius 2 is 1.58 bits per heavy atom. The lowest BCUT2D eigenvalue weighted by atomic mass is 9.83. The van der Waals surface area contributed by atoms with Crippen molar-refractivity contribution in [3.63, 3.8) is 0 Å². The Hall–Kier alpha value is -4.80. The van der Waals surface area contributed by atoms with Gasteiger partial charge in [-0.3, -0.25) is 18.7 Å². The molecule has 2 amide bonds. The second-order valence-corrected chi connectivity index (χ2v) is 23.6. The van der Waals surface area contributed by atoms with Gasteiger partial charge < -0.3 is 14.5 Å². The number of rotatable bonds is 10. The van der Waals surface area contributed by atoms with E-state index in [1.165, 1.54) is 23.5 Å². The maximum absolute atomic E-state index is 17.7. The number of ether oxygens (including phenoxy) is 1. The van der Waals surface area contributed by atoms with Gasteiger partial charge in [0.1, 0.15) is 39.3 Å². The van der Waals surface area contributed by atoms with Crippen LogP contribution in [0.3, 0.4) is 0 Å². The molecule has 25 heteroatoms. The van der Waals surface area contributed by atoms with Crippen LogP contribution in [0.25, 0.3) is 26.5 Å². The largest absolute Gasteiger partial charge is 0.456 e. The van der Waals surface area contributed by atoms with Crippen LogP contribution in [0, 0.1) is 11.6 Å². The predicted octanol–water partition coefficient (Wildman–Crippen LogP) is 6.45. The average molecular weight is 1020 g/mol. The number of anilines is 1. The molecule has 3 N–H and O–H groups in total. The number of carbonyl (C=O) groups is 3. The molecule has 3 aromatic carbocycles. The highest BCUT2D eigenvalue weighted by Crippen LogP contribution is 2.55. The highest BCUT2D eigenvalue weighted by molar-refractivity contribution is 8.00. The molecule has 4 aliphatic rings. The van der Waals surface area contributed by atoms with E-state index >= 15 is 8.78 Å². The molecule has 2 aromatic heterocycles. The van der Waals surface area contributed by atoms with Crippen molar-refractivity contribution in [1.82, 2.24) is 9.64 Å². The van der Waals surface area contributed by atoms with E-state index in [9.17, 15) is 40.3 Å². The van der Waals surface area contributed by atoms with Gasteiger partial charge >= 0.3 is 16.1 Å². The van der Waals surface area contributed by atoms with Gasteiger partial charge in [0.15, 0.2) is 5.54 Å². The van der Waals surface area contributed by atoms with Crippen LogP contribution < -0.4 is 24.8 Å². The Morgan fingerprint density at radius 1 is 0.894 bits per heavy atom. The number of carbonyl (C=O) groups excluding carboxylic acids is 3. The molecule has 0 aliphatic carbocycles. The standard InChI is InChI=1S/C41H33F2N3O14S6/c1-40(2)21-11-32(64-60-59-50)62-37(21)17-9-19-26(14-24(17)44(40)5)57-27-15-25-18(38-22(41(3,4)45(25)6)12-33(63-38)65(51,52)53)10-20(27)34(19)35-36(43)28(13-23(42)39(35)66(54,55)56)61-16-31(49)58-46-29(47)7-8-30(46)48/h9-15H,7-8,16H2,1-6H3,(H2-,50,51,52,53,54,55,56)/p+1. The number of hydrogen-bond acceptors (Lipinski definition) is 17. The molecule has 6 heterocycles. The number of nitrogens with zero attached hydrogens (tertiary/aromatic N) is 3. The van der Waals surface area contributed by atoms with Gasteiger partial charge in [0.2, 0.25) is 5.36 Å². The first-order chi connectivity index (χ1) is 30.8. The lowest BCUT2D eigenvalue weighted by Gasteiger charge is -2.43. The van der Waals surface area contributed by atoms with Crippen LogP contribution in [-0.2, 0) is 59.9 Å². The fourth-order valence-electron chi connectivity index (χ4n) is 8.47. The quantitative estimate of drug-likeness (QED) is 0.0255. The number of imide groups is 1. The molecule has 17 nitrogen and oxygen atoms in total. The Balaban J connectivity index is 1.36. The number of benzene rings is 3. The summed E-state index contributed by atoms with van der Waals surface area (Å²) in [6.07, 6.45) is -0.397. The molecular formula is C41H34F2N3O14S6+. The lowest BCUT2D eigenvalue weighted by Crippen LogP contribution is -2.46. The van der Waals surface area contributed by atoms with Gasteiger partial charge in [-0.1, -0.05) is 5.04 Å². The number of thiophene rings is 2. The number of hydrogen-bond donors (Lipinski definition) is 3. The molecule has 4 aliphatic heterocycles. The monoisotopic (exact) mass is 1020 g/mol. The van der Waals surface area contributed by atoms with E-state index in [0.717, 1.165) is 28.9 Å². The molecule has 0 saturated carbocycles. The van der Waals surface area contributed by atoms with Crippen molar-refractivity contribution >= 4 is 95.8 Å². The number of hydroxylamine groups is 2. The van der Waals surface area contributed by atoms with E-state index in [4.69, 9.17) is 19.2 Å². The van der Waals surface area contributed by atoms with Crippen molar-refractivity contribution in [2.24, 2.45) is 0 Å². The number of halogens is 2. The van der Waals surface area contributed by atoms with Gasteiger partial charge in [-0.05, 0) is 49.7 Å². The van der Waals surface area contributed by atoms with Gasteiger partial charge in [-0.25, -0.2) is 23.4 Å². The van der Waals surface area contributed by atoms with E-state index in [1.807, 2.05) is 50.3 Å². The summed E-state index contributed by atoms with van der Waals surface area (Å²) in [5.41, 5.74) is -0.0819. The number of fused-ring (bicyclic) bond motifs is 8. The summed E-state index contributed by atoms with van der Waals surface area (Å²) in [6.45, 7) is 7.57. The maximum Gasteiger partial charge on any atom is 0.343 e. The first-order valence-corrected chi connectivity index (χ1v) is 25.6. The van der Waals surface area contributed by atoms with Crippen LogP contribution in [0.1, 0.15) is 62.8 Å². The fourth-order valence-corrected chi connectivity index (χ4v) is 13.8. The minimum absolute atomic E-state index is 0.0168. The zero-order valence-electron chi connectivity index (χ0n) is 35.0. The Morgan fingerprint density at radius 3 is 2.23 bits per heavy atom. The normalized spacial score (nSPS) is 16.9. The Bertz CT molecular complexity index is 3390. The third kappa shape index (κ3) is 7.35. The molecule has 0 spiro atoms. The van der Waals surface area contributed by atoms with Crippen LogP contribution in [0.5, 0.6) is 11.5 Å². The molecular weight excluding hydrogens is 989 g/mol. The predicted molar refractivity (Wildman–Crippen MR) is 237 cm³/mol. The molecule has 0 bridgehead atoms. The summed E-state index contributed by atoms with van der Waals surface area (Å²) in [6, 6.07) is 9.95. The van der Waals surface area contributed by atoms with Gasteiger partial charge in [0.05, 0.1) is 44.1 Å². The highest BCUT2D eigenvalue weighted by Gasteiger charge is 2.44. The van der Waals surface area contributed by atoms with Crippen LogP contribution in [0.4, 0.5) is 14.5 Å². The minimum Gasteiger partial charge on any atom is -0.456 e. The van der Waals surface area contributed by atoms with Crippen molar-refractivity contribution in [2.45, 2.75) is 69.8 Å². The molecule has 1 saturated heterocycles. The molecule has 0 radical (unpaired) electrons. The second kappa shape index (κ2) is 15.9. The third-order valence-corrected chi connectivity index (χ3v) is 18.4. The number of amides is 2. The fraction of sp³-hybridized carbons (Fsp3) is 0.268. The van der Waals surface area contributed by atoms with Crippen molar-refractivity contribution in [2.75, 3.05) is 24.7 Å². The molecule has 9 rings (SSSR count). The van der Waals surface area contributed by atoms with Crippen LogP contribution >= 0.6 is 46.5 Å². The third-order valence-electron chi connectivity index (χ3n) is 12.2. The van der Waals surface area contributed by atoms with E-state index in [1.54, 1.807) is 25.2 Å². The molecule has 5 aromatic rings. The second-order valence-electron chi connectivity index (χ2n) is 16.4. The number of thioether (sulfide) groups is 1.